The lowest BCUT2D eigenvalue weighted by Crippen LogP contribution is -2.28. The van der Waals surface area contributed by atoms with Gasteiger partial charge in [-0.15, -0.1) is 11.3 Å². The molecule has 1 aliphatic rings. The summed E-state index contributed by atoms with van der Waals surface area (Å²) in [5.74, 6) is 0. The molecule has 278 valence electrons. The minimum Gasteiger partial charge on any atom is -0.387 e. The Morgan fingerprint density at radius 1 is 0.552 bits per heavy atom. The average Bonchev–Trinajstić information content (AvgIpc) is 3.87. The van der Waals surface area contributed by atoms with Gasteiger partial charge in [0.2, 0.25) is 0 Å². The van der Waals surface area contributed by atoms with Crippen molar-refractivity contribution in [3.05, 3.63) is 228 Å². The molecule has 0 atom stereocenters. The van der Waals surface area contributed by atoms with Gasteiger partial charge in [0.1, 0.15) is 5.01 Å². The predicted molar refractivity (Wildman–Crippen MR) is 249 cm³/mol. The third-order valence-corrected chi connectivity index (χ3v) is 13.7. The highest BCUT2D eigenvalue weighted by Crippen LogP contribution is 2.56. The maximum atomic E-state index is 5.12. The molecule has 0 fully saturated rings. The van der Waals surface area contributed by atoms with E-state index >= 15 is 0 Å². The Labute approximate surface area is 348 Å². The van der Waals surface area contributed by atoms with Crippen molar-refractivity contribution < 1.29 is 0 Å². The zero-order valence-corrected chi connectivity index (χ0v) is 33.9. The quantitative estimate of drug-likeness (QED) is 0.148. The van der Waals surface area contributed by atoms with Crippen molar-refractivity contribution in [1.29, 1.82) is 0 Å². The SMILES string of the molecule is C/C=C(/Sc1ccccc1NC)c1cc(-c2cccc(-c3ccc4c(c3)C(c3ccccc3)(c3ccccc3)c3ccccc3-4)c2)cc(-c2nc3ccccc3s2)c1. The molecule has 0 aliphatic heterocycles. The van der Waals surface area contributed by atoms with E-state index in [0.717, 1.165) is 27.3 Å². The first-order valence-corrected chi connectivity index (χ1v) is 21.4. The molecule has 10 rings (SSSR count). The highest BCUT2D eigenvalue weighted by molar-refractivity contribution is 8.08. The first-order valence-electron chi connectivity index (χ1n) is 19.7. The molecule has 0 amide bonds. The molecule has 0 spiro atoms. The van der Waals surface area contributed by atoms with Crippen molar-refractivity contribution in [2.24, 2.45) is 0 Å². The predicted octanol–water partition coefficient (Wildman–Crippen LogP) is 14.9. The molecule has 0 bridgehead atoms. The number of hydrogen-bond acceptors (Lipinski definition) is 4. The Kier molecular flexibility index (Phi) is 9.37. The molecule has 1 heterocycles. The number of allylic oxidation sites excluding steroid dienone is 1. The largest absolute Gasteiger partial charge is 0.387 e. The summed E-state index contributed by atoms with van der Waals surface area (Å²) in [4.78, 5) is 7.50. The van der Waals surface area contributed by atoms with Gasteiger partial charge in [0.05, 0.1) is 15.6 Å². The van der Waals surface area contributed by atoms with Gasteiger partial charge in [-0.05, 0) is 123 Å². The number of hydrogen-bond donors (Lipinski definition) is 1. The first kappa shape index (κ1) is 35.9. The van der Waals surface area contributed by atoms with Crippen molar-refractivity contribution in [3.8, 4) is 44.0 Å². The van der Waals surface area contributed by atoms with E-state index in [1.807, 2.05) is 7.05 Å². The zero-order valence-electron chi connectivity index (χ0n) is 32.3. The second-order valence-corrected chi connectivity index (χ2v) is 16.8. The lowest BCUT2D eigenvalue weighted by atomic mass is 9.67. The topological polar surface area (TPSA) is 24.9 Å². The monoisotopic (exact) mass is 780 g/mol. The summed E-state index contributed by atoms with van der Waals surface area (Å²) in [7, 11) is 1.98. The van der Waals surface area contributed by atoms with E-state index in [-0.39, 0.29) is 0 Å². The highest BCUT2D eigenvalue weighted by atomic mass is 32.2. The van der Waals surface area contributed by atoms with Crippen LogP contribution in [0.25, 0.3) is 59.1 Å². The maximum absolute atomic E-state index is 5.12. The molecule has 0 unspecified atom stereocenters. The lowest BCUT2D eigenvalue weighted by Gasteiger charge is -2.34. The van der Waals surface area contributed by atoms with Crippen LogP contribution in [0.5, 0.6) is 0 Å². The number of nitrogens with one attached hydrogen (secondary N) is 1. The molecule has 1 aromatic heterocycles. The smallest absolute Gasteiger partial charge is 0.124 e. The maximum Gasteiger partial charge on any atom is 0.124 e. The number of nitrogens with zero attached hydrogens (tertiary/aromatic N) is 1. The van der Waals surface area contributed by atoms with Gasteiger partial charge >= 0.3 is 0 Å². The van der Waals surface area contributed by atoms with Crippen LogP contribution in [-0.2, 0) is 5.41 Å². The van der Waals surface area contributed by atoms with Crippen LogP contribution in [0, 0.1) is 0 Å². The van der Waals surface area contributed by atoms with Gasteiger partial charge in [0.15, 0.2) is 0 Å². The van der Waals surface area contributed by atoms with Gasteiger partial charge in [-0.25, -0.2) is 4.98 Å². The Hall–Kier alpha value is -6.46. The molecule has 2 nitrogen and oxygen atoms in total. The number of para-hydroxylation sites is 2. The van der Waals surface area contributed by atoms with Gasteiger partial charge in [-0.3, -0.25) is 0 Å². The van der Waals surface area contributed by atoms with Gasteiger partial charge in [0, 0.05) is 28.1 Å². The molecule has 4 heteroatoms. The van der Waals surface area contributed by atoms with Gasteiger partial charge < -0.3 is 5.32 Å². The van der Waals surface area contributed by atoms with Gasteiger partial charge in [-0.1, -0.05) is 157 Å². The van der Waals surface area contributed by atoms with Crippen LogP contribution < -0.4 is 5.32 Å². The molecular weight excluding hydrogens is 741 g/mol. The van der Waals surface area contributed by atoms with Crippen LogP contribution in [0.4, 0.5) is 5.69 Å². The second-order valence-electron chi connectivity index (χ2n) is 14.7. The Bertz CT molecular complexity index is 2910. The van der Waals surface area contributed by atoms with E-state index in [2.05, 4.69) is 212 Å². The van der Waals surface area contributed by atoms with Crippen molar-refractivity contribution in [2.45, 2.75) is 17.2 Å². The standard InChI is InChI=1S/C54H40N2S2/c1-3-50(57-51-27-14-12-25-48(51)55-2)40-32-39(33-41(34-40)53-56-49-26-13-15-28-52(49)58-53)37-18-16-17-36(31-37)38-29-30-45-44-23-10-11-24-46(44)54(47(45)35-38,42-19-6-4-7-20-42)43-21-8-5-9-22-43/h3-35,55H,1-2H3/b50-3+. The molecule has 1 N–H and O–H groups in total. The fourth-order valence-electron chi connectivity index (χ4n) is 8.72. The number of thioether (sulfide) groups is 1. The van der Waals surface area contributed by atoms with Crippen molar-refractivity contribution in [1.82, 2.24) is 4.98 Å². The molecule has 0 saturated carbocycles. The minimum atomic E-state index is -0.449. The summed E-state index contributed by atoms with van der Waals surface area (Å²) in [6.07, 6.45) is 2.23. The molecular formula is C54H40N2S2. The Balaban J connectivity index is 1.12. The van der Waals surface area contributed by atoms with E-state index in [0.29, 0.717) is 0 Å². The molecule has 58 heavy (non-hydrogen) atoms. The van der Waals surface area contributed by atoms with E-state index < -0.39 is 5.41 Å². The van der Waals surface area contributed by atoms with Crippen LogP contribution >= 0.6 is 23.1 Å². The Morgan fingerprint density at radius 3 is 1.93 bits per heavy atom. The van der Waals surface area contributed by atoms with Crippen LogP contribution in [0.1, 0.15) is 34.7 Å². The fraction of sp³-hybridized carbons (Fsp3) is 0.0556. The average molecular weight is 781 g/mol. The third-order valence-electron chi connectivity index (χ3n) is 11.4. The van der Waals surface area contributed by atoms with Crippen LogP contribution in [0.15, 0.2) is 205 Å². The lowest BCUT2D eigenvalue weighted by molar-refractivity contribution is 0.769. The number of benzene rings is 8. The van der Waals surface area contributed by atoms with Crippen LogP contribution in [0.3, 0.4) is 0 Å². The molecule has 8 aromatic carbocycles. The second kappa shape index (κ2) is 15.1. The third kappa shape index (κ3) is 6.17. The molecule has 1 aliphatic carbocycles. The van der Waals surface area contributed by atoms with E-state index in [1.54, 1.807) is 23.1 Å². The molecule has 0 radical (unpaired) electrons. The van der Waals surface area contributed by atoms with Crippen LogP contribution in [0.2, 0.25) is 0 Å². The first-order chi connectivity index (χ1) is 28.6. The van der Waals surface area contributed by atoms with Gasteiger partial charge in [0.25, 0.3) is 0 Å². The minimum absolute atomic E-state index is 0.449. The summed E-state index contributed by atoms with van der Waals surface area (Å²) in [5, 5.41) is 4.40. The number of thiazole rings is 1. The summed E-state index contributed by atoms with van der Waals surface area (Å²) in [6, 6.07) is 71.0. The summed E-state index contributed by atoms with van der Waals surface area (Å²) >= 11 is 3.54. The van der Waals surface area contributed by atoms with Crippen molar-refractivity contribution in [3.63, 3.8) is 0 Å². The zero-order chi connectivity index (χ0) is 39.1. The van der Waals surface area contributed by atoms with Crippen molar-refractivity contribution >= 4 is 43.9 Å². The number of anilines is 1. The summed E-state index contributed by atoms with van der Waals surface area (Å²) < 4.78 is 1.19. The highest BCUT2D eigenvalue weighted by Gasteiger charge is 2.46. The Morgan fingerprint density at radius 2 is 1.17 bits per heavy atom. The van der Waals surface area contributed by atoms with E-state index in [4.69, 9.17) is 4.98 Å². The molecule has 9 aromatic rings. The fourth-order valence-corrected chi connectivity index (χ4v) is 10.7. The van der Waals surface area contributed by atoms with E-state index in [9.17, 15) is 0 Å². The number of rotatable bonds is 9. The summed E-state index contributed by atoms with van der Waals surface area (Å²) in [5.41, 5.74) is 16.4. The van der Waals surface area contributed by atoms with Crippen LogP contribution in [-0.4, -0.2) is 12.0 Å². The van der Waals surface area contributed by atoms with Gasteiger partial charge in [-0.2, -0.15) is 0 Å². The summed E-state index contributed by atoms with van der Waals surface area (Å²) in [6.45, 7) is 2.13. The van der Waals surface area contributed by atoms with Crippen molar-refractivity contribution in [2.75, 3.05) is 12.4 Å². The number of fused-ring (bicyclic) bond motifs is 4. The van der Waals surface area contributed by atoms with E-state index in [1.165, 1.54) is 70.1 Å². The molecule has 0 saturated heterocycles. The number of aromatic nitrogens is 1. The normalized spacial score (nSPS) is 13.0.